The minimum absolute atomic E-state index is 0.0390. The third-order valence-corrected chi connectivity index (χ3v) is 2.92. The molecular weight excluding hydrogens is 271 g/mol. The SMILES string of the molecule is COC(=O)c1nc(-c2ccccc2)c(F)c(N)c1Cl. The van der Waals surface area contributed by atoms with Gasteiger partial charge in [0.1, 0.15) is 5.69 Å². The highest BCUT2D eigenvalue weighted by atomic mass is 35.5. The second-order valence-electron chi connectivity index (χ2n) is 3.71. The molecule has 0 amide bonds. The molecule has 0 saturated carbocycles. The van der Waals surface area contributed by atoms with Gasteiger partial charge in [-0.2, -0.15) is 0 Å². The average Bonchev–Trinajstić information content (AvgIpc) is 2.45. The van der Waals surface area contributed by atoms with Crippen molar-refractivity contribution in [2.75, 3.05) is 12.8 Å². The van der Waals surface area contributed by atoms with Gasteiger partial charge in [-0.05, 0) is 0 Å². The van der Waals surface area contributed by atoms with E-state index in [2.05, 4.69) is 9.72 Å². The summed E-state index contributed by atoms with van der Waals surface area (Å²) in [6.45, 7) is 0. The minimum atomic E-state index is -0.770. The zero-order valence-corrected chi connectivity index (χ0v) is 10.7. The van der Waals surface area contributed by atoms with Crippen molar-refractivity contribution in [2.45, 2.75) is 0 Å². The summed E-state index contributed by atoms with van der Waals surface area (Å²) in [6, 6.07) is 8.53. The molecule has 0 aliphatic rings. The molecule has 0 aliphatic heterocycles. The lowest BCUT2D eigenvalue weighted by Crippen LogP contribution is -2.10. The quantitative estimate of drug-likeness (QED) is 0.859. The number of methoxy groups -OCH3 is 1. The molecule has 0 bridgehead atoms. The lowest BCUT2D eigenvalue weighted by atomic mass is 10.1. The topological polar surface area (TPSA) is 65.2 Å². The van der Waals surface area contributed by atoms with Crippen LogP contribution in [0.3, 0.4) is 0 Å². The molecule has 2 aromatic rings. The third kappa shape index (κ3) is 2.37. The molecule has 2 rings (SSSR count). The molecule has 0 aliphatic carbocycles. The molecule has 1 aromatic heterocycles. The number of benzene rings is 1. The lowest BCUT2D eigenvalue weighted by molar-refractivity contribution is 0.0594. The fourth-order valence-corrected chi connectivity index (χ4v) is 1.78. The number of rotatable bonds is 2. The van der Waals surface area contributed by atoms with E-state index in [1.165, 1.54) is 7.11 Å². The first-order valence-corrected chi connectivity index (χ1v) is 5.72. The first-order chi connectivity index (χ1) is 9.06. The Balaban J connectivity index is 2.69. The molecule has 1 heterocycles. The number of carbonyl (C=O) groups is 1. The van der Waals surface area contributed by atoms with E-state index in [0.717, 1.165) is 0 Å². The van der Waals surface area contributed by atoms with Gasteiger partial charge in [-0.1, -0.05) is 41.9 Å². The standard InChI is InChI=1S/C13H10ClFN2O2/c1-19-13(18)12-8(14)10(16)9(15)11(17-12)7-5-3-2-4-6-7/h2-6H,1H3,(H2,16,17). The van der Waals surface area contributed by atoms with Crippen LogP contribution >= 0.6 is 11.6 Å². The highest BCUT2D eigenvalue weighted by molar-refractivity contribution is 6.35. The van der Waals surface area contributed by atoms with Crippen molar-refractivity contribution in [3.8, 4) is 11.3 Å². The zero-order chi connectivity index (χ0) is 14.0. The van der Waals surface area contributed by atoms with E-state index in [1.54, 1.807) is 30.3 Å². The number of nitrogens with zero attached hydrogens (tertiary/aromatic N) is 1. The number of esters is 1. The molecule has 0 fully saturated rings. The van der Waals surface area contributed by atoms with Crippen molar-refractivity contribution in [3.05, 3.63) is 46.9 Å². The Bertz CT molecular complexity index is 632. The predicted molar refractivity (Wildman–Crippen MR) is 70.4 cm³/mol. The number of aromatic nitrogens is 1. The third-order valence-electron chi connectivity index (χ3n) is 2.54. The van der Waals surface area contributed by atoms with E-state index in [0.29, 0.717) is 5.56 Å². The predicted octanol–water partition coefficient (Wildman–Crippen LogP) is 2.91. The smallest absolute Gasteiger partial charge is 0.358 e. The number of carbonyl (C=O) groups excluding carboxylic acids is 1. The second kappa shape index (κ2) is 5.24. The van der Waals surface area contributed by atoms with E-state index in [9.17, 15) is 9.18 Å². The molecule has 98 valence electrons. The van der Waals surface area contributed by atoms with E-state index >= 15 is 0 Å². The van der Waals surface area contributed by atoms with Crippen LogP contribution in [-0.4, -0.2) is 18.1 Å². The van der Waals surface area contributed by atoms with Gasteiger partial charge in [0, 0.05) is 5.56 Å². The fourth-order valence-electron chi connectivity index (χ4n) is 1.58. The van der Waals surface area contributed by atoms with Crippen LogP contribution in [0.15, 0.2) is 30.3 Å². The Hall–Kier alpha value is -2.14. The lowest BCUT2D eigenvalue weighted by Gasteiger charge is -2.10. The first kappa shape index (κ1) is 13.3. The van der Waals surface area contributed by atoms with Gasteiger partial charge < -0.3 is 10.5 Å². The summed E-state index contributed by atoms with van der Waals surface area (Å²) in [5.41, 5.74) is 5.48. The van der Waals surface area contributed by atoms with Crippen molar-refractivity contribution in [1.82, 2.24) is 4.98 Å². The van der Waals surface area contributed by atoms with Crippen molar-refractivity contribution >= 4 is 23.3 Å². The molecule has 6 heteroatoms. The Morgan fingerprint density at radius 3 is 2.58 bits per heavy atom. The van der Waals surface area contributed by atoms with Crippen molar-refractivity contribution < 1.29 is 13.9 Å². The fraction of sp³-hybridized carbons (Fsp3) is 0.0769. The average molecular weight is 281 g/mol. The number of hydrogen-bond acceptors (Lipinski definition) is 4. The molecule has 0 spiro atoms. The molecule has 0 unspecified atom stereocenters. The van der Waals surface area contributed by atoms with Crippen LogP contribution in [0, 0.1) is 5.82 Å². The summed E-state index contributed by atoms with van der Waals surface area (Å²) >= 11 is 5.80. The monoisotopic (exact) mass is 280 g/mol. The van der Waals surface area contributed by atoms with Crippen LogP contribution in [0.4, 0.5) is 10.1 Å². The summed E-state index contributed by atoms with van der Waals surface area (Å²) < 4.78 is 18.6. The first-order valence-electron chi connectivity index (χ1n) is 5.34. The van der Waals surface area contributed by atoms with Crippen molar-refractivity contribution in [1.29, 1.82) is 0 Å². The summed E-state index contributed by atoms with van der Waals surface area (Å²) in [4.78, 5) is 15.4. The van der Waals surface area contributed by atoms with Crippen LogP contribution < -0.4 is 5.73 Å². The molecule has 19 heavy (non-hydrogen) atoms. The van der Waals surface area contributed by atoms with Gasteiger partial charge in [0.25, 0.3) is 0 Å². The van der Waals surface area contributed by atoms with Gasteiger partial charge in [0.15, 0.2) is 11.5 Å². The number of hydrogen-bond donors (Lipinski definition) is 1. The van der Waals surface area contributed by atoms with E-state index in [4.69, 9.17) is 17.3 Å². The van der Waals surface area contributed by atoms with Crippen molar-refractivity contribution in [3.63, 3.8) is 0 Å². The number of nitrogens with two attached hydrogens (primary N) is 1. The second-order valence-corrected chi connectivity index (χ2v) is 4.09. The Kier molecular flexibility index (Phi) is 3.66. The van der Waals surface area contributed by atoms with Gasteiger partial charge in [-0.3, -0.25) is 0 Å². The van der Waals surface area contributed by atoms with Gasteiger partial charge >= 0.3 is 5.97 Å². The van der Waals surface area contributed by atoms with E-state index in [-0.39, 0.29) is 22.1 Å². The molecular formula is C13H10ClFN2O2. The minimum Gasteiger partial charge on any atom is -0.464 e. The normalized spacial score (nSPS) is 10.3. The maximum Gasteiger partial charge on any atom is 0.358 e. The number of anilines is 1. The number of pyridine rings is 1. The largest absolute Gasteiger partial charge is 0.464 e. The molecule has 0 radical (unpaired) electrons. The van der Waals surface area contributed by atoms with Crippen LogP contribution in [0.25, 0.3) is 11.3 Å². The molecule has 2 N–H and O–H groups in total. The maximum absolute atomic E-state index is 14.1. The Morgan fingerprint density at radius 2 is 2.00 bits per heavy atom. The summed E-state index contributed by atoms with van der Waals surface area (Å²) in [7, 11) is 1.18. The van der Waals surface area contributed by atoms with Crippen LogP contribution in [-0.2, 0) is 4.74 Å². The molecule has 0 saturated heterocycles. The highest BCUT2D eigenvalue weighted by Crippen LogP contribution is 2.32. The van der Waals surface area contributed by atoms with Gasteiger partial charge in [-0.15, -0.1) is 0 Å². The molecule has 1 aromatic carbocycles. The van der Waals surface area contributed by atoms with Crippen LogP contribution in [0.5, 0.6) is 0 Å². The Morgan fingerprint density at radius 1 is 1.37 bits per heavy atom. The summed E-state index contributed by atoms with van der Waals surface area (Å²) in [5, 5.41) is -0.246. The van der Waals surface area contributed by atoms with Gasteiger partial charge in [0.05, 0.1) is 17.8 Å². The summed E-state index contributed by atoms with van der Waals surface area (Å²) in [6.07, 6.45) is 0. The Labute approximate surface area is 114 Å². The van der Waals surface area contributed by atoms with Crippen molar-refractivity contribution in [2.24, 2.45) is 0 Å². The zero-order valence-electron chi connectivity index (χ0n) is 9.98. The van der Waals surface area contributed by atoms with E-state index in [1.807, 2.05) is 0 Å². The molecule has 4 nitrogen and oxygen atoms in total. The number of ether oxygens (including phenoxy) is 1. The van der Waals surface area contributed by atoms with Crippen LogP contribution in [0.1, 0.15) is 10.5 Å². The van der Waals surface area contributed by atoms with Gasteiger partial charge in [0.2, 0.25) is 0 Å². The molecule has 0 atom stereocenters. The number of nitrogen functional groups attached to an aromatic ring is 1. The highest BCUT2D eigenvalue weighted by Gasteiger charge is 2.22. The maximum atomic E-state index is 14.1. The summed E-state index contributed by atoms with van der Waals surface area (Å²) in [5.74, 6) is -1.53. The number of halogens is 2. The van der Waals surface area contributed by atoms with Crippen LogP contribution in [0.2, 0.25) is 5.02 Å². The van der Waals surface area contributed by atoms with Gasteiger partial charge in [-0.25, -0.2) is 14.2 Å². The van der Waals surface area contributed by atoms with E-state index < -0.39 is 11.8 Å².